The van der Waals surface area contributed by atoms with E-state index in [0.29, 0.717) is 6.54 Å². The molecule has 0 saturated heterocycles. The van der Waals surface area contributed by atoms with Gasteiger partial charge in [0.2, 0.25) is 5.91 Å². The number of amides is 1. The molecule has 4 nitrogen and oxygen atoms in total. The lowest BCUT2D eigenvalue weighted by atomic mass is 9.85. The van der Waals surface area contributed by atoms with Gasteiger partial charge in [-0.15, -0.1) is 36.2 Å². The summed E-state index contributed by atoms with van der Waals surface area (Å²) in [6, 6.07) is 0.0292. The first-order valence-corrected chi connectivity index (χ1v) is 7.50. The number of carbonyl (C=O) groups excluding carboxylic acids is 1. The Morgan fingerprint density at radius 3 is 2.60 bits per heavy atom. The quantitative estimate of drug-likeness (QED) is 0.866. The first-order valence-electron chi connectivity index (χ1n) is 6.62. The van der Waals surface area contributed by atoms with E-state index in [4.69, 9.17) is 5.73 Å². The number of halogens is 2. The van der Waals surface area contributed by atoms with Crippen LogP contribution in [0.25, 0.3) is 0 Å². The molecule has 1 aromatic rings. The average molecular weight is 340 g/mol. The Morgan fingerprint density at radius 2 is 2.15 bits per heavy atom. The maximum atomic E-state index is 12.4. The minimum absolute atomic E-state index is 0. The van der Waals surface area contributed by atoms with Crippen molar-refractivity contribution in [3.63, 3.8) is 0 Å². The smallest absolute Gasteiger partial charge is 0.228 e. The lowest BCUT2D eigenvalue weighted by Crippen LogP contribution is -2.45. The van der Waals surface area contributed by atoms with Crippen LogP contribution in [0.1, 0.15) is 50.1 Å². The highest BCUT2D eigenvalue weighted by Crippen LogP contribution is 2.38. The van der Waals surface area contributed by atoms with Gasteiger partial charge in [-0.25, -0.2) is 4.98 Å². The van der Waals surface area contributed by atoms with Gasteiger partial charge in [0.05, 0.1) is 11.5 Å². The molecule has 2 rings (SSSR count). The van der Waals surface area contributed by atoms with Crippen molar-refractivity contribution < 1.29 is 4.79 Å². The standard InChI is InChI=1S/C13H21N3OS.2ClH/c1-2-10(11-15-7-8-18-11)16-12(17)13(9-14)5-3-4-6-13;;/h7-8,10H,2-6,9,14H2,1H3,(H,16,17);2*1H. The van der Waals surface area contributed by atoms with Gasteiger partial charge in [0, 0.05) is 18.1 Å². The van der Waals surface area contributed by atoms with Crippen molar-refractivity contribution in [2.45, 2.75) is 45.1 Å². The third-order valence-corrected chi connectivity index (χ3v) is 4.79. The fourth-order valence-electron chi connectivity index (χ4n) is 2.63. The van der Waals surface area contributed by atoms with Gasteiger partial charge in [0.15, 0.2) is 0 Å². The Labute approximate surface area is 136 Å². The first kappa shape index (κ1) is 19.6. The fraction of sp³-hybridized carbons (Fsp3) is 0.692. The van der Waals surface area contributed by atoms with E-state index in [1.54, 1.807) is 17.5 Å². The topological polar surface area (TPSA) is 68.0 Å². The van der Waals surface area contributed by atoms with Crippen molar-refractivity contribution in [1.82, 2.24) is 10.3 Å². The highest BCUT2D eigenvalue weighted by Gasteiger charge is 2.40. The molecule has 1 atom stereocenters. The third kappa shape index (κ3) is 4.07. The molecule has 20 heavy (non-hydrogen) atoms. The molecular formula is C13H23Cl2N3OS. The number of rotatable bonds is 5. The van der Waals surface area contributed by atoms with Crippen LogP contribution in [-0.2, 0) is 4.79 Å². The first-order chi connectivity index (χ1) is 8.72. The molecule has 1 heterocycles. The maximum absolute atomic E-state index is 12.4. The van der Waals surface area contributed by atoms with E-state index in [1.807, 2.05) is 5.38 Å². The number of aromatic nitrogens is 1. The van der Waals surface area contributed by atoms with Crippen molar-refractivity contribution in [3.05, 3.63) is 16.6 Å². The Bertz CT molecular complexity index is 394. The zero-order valence-corrected chi connectivity index (χ0v) is 14.1. The average Bonchev–Trinajstić information content (AvgIpc) is 3.06. The largest absolute Gasteiger partial charge is 0.346 e. The molecule has 1 aromatic heterocycles. The summed E-state index contributed by atoms with van der Waals surface area (Å²) in [6.07, 6.45) is 6.70. The molecule has 0 radical (unpaired) electrons. The summed E-state index contributed by atoms with van der Waals surface area (Å²) in [4.78, 5) is 16.7. The van der Waals surface area contributed by atoms with E-state index in [2.05, 4.69) is 17.2 Å². The van der Waals surface area contributed by atoms with Crippen molar-refractivity contribution in [2.24, 2.45) is 11.1 Å². The van der Waals surface area contributed by atoms with Gasteiger partial charge in [-0.1, -0.05) is 19.8 Å². The second-order valence-electron chi connectivity index (χ2n) is 5.00. The molecule has 0 aliphatic heterocycles. The lowest BCUT2D eigenvalue weighted by molar-refractivity contribution is -0.131. The summed E-state index contributed by atoms with van der Waals surface area (Å²) >= 11 is 1.59. The van der Waals surface area contributed by atoms with Crippen molar-refractivity contribution in [2.75, 3.05) is 6.54 Å². The van der Waals surface area contributed by atoms with E-state index in [1.165, 1.54) is 0 Å². The Balaban J connectivity index is 0.00000180. The van der Waals surface area contributed by atoms with E-state index < -0.39 is 0 Å². The van der Waals surface area contributed by atoms with E-state index in [-0.39, 0.29) is 42.2 Å². The van der Waals surface area contributed by atoms with Crippen LogP contribution in [0.3, 0.4) is 0 Å². The summed E-state index contributed by atoms with van der Waals surface area (Å²) in [5.41, 5.74) is 5.50. The number of hydrogen-bond donors (Lipinski definition) is 2. The molecule has 116 valence electrons. The molecular weight excluding hydrogens is 317 g/mol. The van der Waals surface area contributed by atoms with Crippen LogP contribution in [0.15, 0.2) is 11.6 Å². The minimum Gasteiger partial charge on any atom is -0.346 e. The van der Waals surface area contributed by atoms with E-state index in [9.17, 15) is 4.79 Å². The van der Waals surface area contributed by atoms with E-state index in [0.717, 1.165) is 37.1 Å². The number of thiazole rings is 1. The number of nitrogens with zero attached hydrogens (tertiary/aromatic N) is 1. The summed E-state index contributed by atoms with van der Waals surface area (Å²) in [5, 5.41) is 6.06. The van der Waals surface area contributed by atoms with Crippen LogP contribution in [0.4, 0.5) is 0 Å². The molecule has 7 heteroatoms. The van der Waals surface area contributed by atoms with Gasteiger partial charge >= 0.3 is 0 Å². The summed E-state index contributed by atoms with van der Waals surface area (Å²) < 4.78 is 0. The second kappa shape index (κ2) is 8.82. The Kier molecular flexibility index (Phi) is 8.66. The van der Waals surface area contributed by atoms with Gasteiger partial charge in [-0.2, -0.15) is 0 Å². The van der Waals surface area contributed by atoms with Crippen LogP contribution in [0.5, 0.6) is 0 Å². The fourth-order valence-corrected chi connectivity index (χ4v) is 3.40. The van der Waals surface area contributed by atoms with Crippen LogP contribution >= 0.6 is 36.2 Å². The Hall–Kier alpha value is -0.360. The highest BCUT2D eigenvalue weighted by atomic mass is 35.5. The number of nitrogens with two attached hydrogens (primary N) is 1. The number of nitrogens with one attached hydrogen (secondary N) is 1. The summed E-state index contributed by atoms with van der Waals surface area (Å²) in [7, 11) is 0. The van der Waals surface area contributed by atoms with Crippen molar-refractivity contribution in [1.29, 1.82) is 0 Å². The molecule has 1 saturated carbocycles. The van der Waals surface area contributed by atoms with Gasteiger partial charge < -0.3 is 11.1 Å². The van der Waals surface area contributed by atoms with Gasteiger partial charge in [0.1, 0.15) is 5.01 Å². The SMILES string of the molecule is CCC(NC(=O)C1(CN)CCCC1)c1nccs1.Cl.Cl. The van der Waals surface area contributed by atoms with Crippen molar-refractivity contribution in [3.8, 4) is 0 Å². The van der Waals surface area contributed by atoms with Crippen molar-refractivity contribution >= 4 is 42.1 Å². The Morgan fingerprint density at radius 1 is 1.50 bits per heavy atom. The monoisotopic (exact) mass is 339 g/mol. The summed E-state index contributed by atoms with van der Waals surface area (Å²) in [6.45, 7) is 2.52. The van der Waals surface area contributed by atoms with Crippen LogP contribution in [-0.4, -0.2) is 17.4 Å². The minimum atomic E-state index is -0.329. The normalized spacial score (nSPS) is 17.7. The predicted molar refractivity (Wildman–Crippen MR) is 87.7 cm³/mol. The molecule has 1 aliphatic carbocycles. The number of hydrogen-bond acceptors (Lipinski definition) is 4. The molecule has 0 spiro atoms. The molecule has 1 amide bonds. The molecule has 0 bridgehead atoms. The zero-order valence-electron chi connectivity index (χ0n) is 11.6. The maximum Gasteiger partial charge on any atom is 0.228 e. The van der Waals surface area contributed by atoms with E-state index >= 15 is 0 Å². The predicted octanol–water partition coefficient (Wildman–Crippen LogP) is 3.07. The molecule has 1 aliphatic rings. The van der Waals surface area contributed by atoms with Gasteiger partial charge in [-0.05, 0) is 19.3 Å². The van der Waals surface area contributed by atoms with Crippen LogP contribution in [0, 0.1) is 5.41 Å². The summed E-state index contributed by atoms with van der Waals surface area (Å²) in [5.74, 6) is 0.115. The number of carbonyl (C=O) groups is 1. The molecule has 3 N–H and O–H groups in total. The molecule has 1 fully saturated rings. The molecule has 1 unspecified atom stereocenters. The van der Waals surface area contributed by atoms with Crippen LogP contribution < -0.4 is 11.1 Å². The lowest BCUT2D eigenvalue weighted by Gasteiger charge is -2.28. The third-order valence-electron chi connectivity index (χ3n) is 3.90. The molecule has 0 aromatic carbocycles. The van der Waals surface area contributed by atoms with Crippen LogP contribution in [0.2, 0.25) is 0 Å². The highest BCUT2D eigenvalue weighted by molar-refractivity contribution is 7.09. The van der Waals surface area contributed by atoms with Gasteiger partial charge in [-0.3, -0.25) is 4.79 Å². The van der Waals surface area contributed by atoms with Gasteiger partial charge in [0.25, 0.3) is 0 Å². The second-order valence-corrected chi connectivity index (χ2v) is 5.92. The zero-order chi connectivity index (χ0) is 13.0.